The van der Waals surface area contributed by atoms with Gasteiger partial charge in [-0.05, 0) is 18.9 Å². The summed E-state index contributed by atoms with van der Waals surface area (Å²) >= 11 is 0. The second-order valence-electron chi connectivity index (χ2n) is 8.53. The fourth-order valence-electron chi connectivity index (χ4n) is 3.96. The Balaban J connectivity index is 1.52. The van der Waals surface area contributed by atoms with Gasteiger partial charge in [-0.15, -0.1) is 0 Å². The summed E-state index contributed by atoms with van der Waals surface area (Å²) in [7, 11) is 0. The summed E-state index contributed by atoms with van der Waals surface area (Å²) in [5.41, 5.74) is -2.69. The van der Waals surface area contributed by atoms with Gasteiger partial charge in [0.15, 0.2) is 11.5 Å². The molecule has 16 heteroatoms. The molecule has 202 valence electrons. The van der Waals surface area contributed by atoms with Gasteiger partial charge in [-0.1, -0.05) is 5.16 Å². The highest BCUT2D eigenvalue weighted by Gasteiger charge is 2.40. The number of ether oxygens (including phenoxy) is 1. The standard InChI is InChI=1S/C22H19F6N7O3/c1-12-31-18(33-38-12)14-2-4-34(5-3-14)20(36)16-6-15(7-29)19(32-17(16)22(26,27)28)37-10-13-8-30-35(9-13)11-21(23,24)25/h6,8-9,14H,2-5,10-11H2,1H3. The highest BCUT2D eigenvalue weighted by Crippen LogP contribution is 2.35. The Bertz CT molecular complexity index is 1350. The van der Waals surface area contributed by atoms with Crippen LogP contribution in [0.2, 0.25) is 0 Å². The zero-order valence-electron chi connectivity index (χ0n) is 19.7. The van der Waals surface area contributed by atoms with Crippen LogP contribution in [-0.4, -0.2) is 55.0 Å². The minimum absolute atomic E-state index is 0.105. The first-order valence-corrected chi connectivity index (χ1v) is 11.2. The Hall–Kier alpha value is -4.16. The quantitative estimate of drug-likeness (QED) is 0.427. The van der Waals surface area contributed by atoms with E-state index < -0.39 is 54.1 Å². The summed E-state index contributed by atoms with van der Waals surface area (Å²) in [5, 5.41) is 16.8. The number of aromatic nitrogens is 5. The van der Waals surface area contributed by atoms with Crippen molar-refractivity contribution in [2.75, 3.05) is 13.1 Å². The van der Waals surface area contributed by atoms with E-state index in [4.69, 9.17) is 9.26 Å². The van der Waals surface area contributed by atoms with E-state index in [0.717, 1.165) is 18.5 Å². The molecular formula is C22H19F6N7O3. The van der Waals surface area contributed by atoms with Gasteiger partial charge in [-0.25, -0.2) is 4.98 Å². The Labute approximate surface area is 210 Å². The number of nitrogens with zero attached hydrogens (tertiary/aromatic N) is 7. The summed E-state index contributed by atoms with van der Waals surface area (Å²) in [6.07, 6.45) is -6.75. The molecule has 4 heterocycles. The molecule has 1 fully saturated rings. The highest BCUT2D eigenvalue weighted by molar-refractivity contribution is 5.96. The summed E-state index contributed by atoms with van der Waals surface area (Å²) in [6.45, 7) is -0.00233. The third-order valence-electron chi connectivity index (χ3n) is 5.70. The van der Waals surface area contributed by atoms with Crippen molar-refractivity contribution in [2.45, 2.75) is 51.2 Å². The van der Waals surface area contributed by atoms with Gasteiger partial charge in [0.25, 0.3) is 5.91 Å². The molecule has 0 aliphatic carbocycles. The first-order valence-electron chi connectivity index (χ1n) is 11.2. The lowest BCUT2D eigenvalue weighted by molar-refractivity contribution is -0.143. The lowest BCUT2D eigenvalue weighted by Crippen LogP contribution is -2.39. The topological polar surface area (TPSA) is 123 Å². The summed E-state index contributed by atoms with van der Waals surface area (Å²) in [5.74, 6) is -0.955. The number of hydrogen-bond acceptors (Lipinski definition) is 8. The Kier molecular flexibility index (Phi) is 7.29. The van der Waals surface area contributed by atoms with Gasteiger partial charge in [0.2, 0.25) is 11.8 Å². The van der Waals surface area contributed by atoms with Crippen LogP contribution in [-0.2, 0) is 19.3 Å². The largest absolute Gasteiger partial charge is 0.472 e. The number of likely N-dealkylation sites (tertiary alicyclic amines) is 1. The molecule has 0 atom stereocenters. The number of halogens is 6. The summed E-state index contributed by atoms with van der Waals surface area (Å²) in [4.78, 5) is 21.9. The number of rotatable bonds is 6. The molecule has 0 radical (unpaired) electrons. The number of amides is 1. The molecule has 1 amide bonds. The normalized spacial score (nSPS) is 14.9. The first kappa shape index (κ1) is 26.9. The van der Waals surface area contributed by atoms with Gasteiger partial charge in [-0.2, -0.15) is 41.7 Å². The number of carbonyl (C=O) groups excluding carboxylic acids is 1. The molecule has 3 aromatic heterocycles. The van der Waals surface area contributed by atoms with Gasteiger partial charge in [0.05, 0.1) is 11.8 Å². The molecule has 3 aromatic rings. The van der Waals surface area contributed by atoms with Crippen LogP contribution in [0.3, 0.4) is 0 Å². The fraction of sp³-hybridized carbons (Fsp3) is 0.455. The third kappa shape index (κ3) is 6.21. The number of carbonyl (C=O) groups is 1. The highest BCUT2D eigenvalue weighted by atomic mass is 19.4. The molecule has 4 rings (SSSR count). The minimum Gasteiger partial charge on any atom is -0.472 e. The Morgan fingerprint density at radius 1 is 1.21 bits per heavy atom. The molecule has 0 aromatic carbocycles. The van der Waals surface area contributed by atoms with Crippen molar-refractivity contribution in [3.05, 3.63) is 52.6 Å². The first-order chi connectivity index (χ1) is 17.8. The van der Waals surface area contributed by atoms with Crippen molar-refractivity contribution >= 4 is 5.91 Å². The van der Waals surface area contributed by atoms with Crippen LogP contribution in [0.4, 0.5) is 26.3 Å². The van der Waals surface area contributed by atoms with E-state index in [-0.39, 0.29) is 24.6 Å². The van der Waals surface area contributed by atoms with E-state index in [1.54, 1.807) is 13.0 Å². The van der Waals surface area contributed by atoms with Gasteiger partial charge in [0, 0.05) is 37.7 Å². The van der Waals surface area contributed by atoms with Crippen LogP contribution in [0.1, 0.15) is 57.7 Å². The number of alkyl halides is 6. The van der Waals surface area contributed by atoms with Gasteiger partial charge < -0.3 is 14.2 Å². The van der Waals surface area contributed by atoms with Crippen LogP contribution in [0.25, 0.3) is 0 Å². The number of pyridine rings is 1. The SMILES string of the molecule is Cc1nc(C2CCN(C(=O)c3cc(C#N)c(OCc4cnn(CC(F)(F)F)c4)nc3C(F)(F)F)CC2)no1. The lowest BCUT2D eigenvalue weighted by Gasteiger charge is -2.31. The van der Waals surface area contributed by atoms with Gasteiger partial charge in [0.1, 0.15) is 24.8 Å². The molecule has 0 N–H and O–H groups in total. The minimum atomic E-state index is -5.06. The average Bonchev–Trinajstić information content (AvgIpc) is 3.48. The molecule has 0 saturated carbocycles. The summed E-state index contributed by atoms with van der Waals surface area (Å²) in [6, 6.07) is 2.41. The molecule has 0 spiro atoms. The van der Waals surface area contributed by atoms with Crippen molar-refractivity contribution < 1.29 is 40.4 Å². The van der Waals surface area contributed by atoms with Crippen LogP contribution < -0.4 is 4.74 Å². The Morgan fingerprint density at radius 3 is 2.50 bits per heavy atom. The molecule has 10 nitrogen and oxygen atoms in total. The second kappa shape index (κ2) is 10.3. The van der Waals surface area contributed by atoms with E-state index in [2.05, 4.69) is 20.2 Å². The van der Waals surface area contributed by atoms with Crippen molar-refractivity contribution in [1.29, 1.82) is 5.26 Å². The zero-order valence-corrected chi connectivity index (χ0v) is 19.7. The molecule has 1 aliphatic rings. The van der Waals surface area contributed by atoms with E-state index in [1.807, 2.05) is 0 Å². The molecule has 1 aliphatic heterocycles. The van der Waals surface area contributed by atoms with Crippen LogP contribution in [0.15, 0.2) is 23.0 Å². The van der Waals surface area contributed by atoms with E-state index in [9.17, 15) is 36.4 Å². The third-order valence-corrected chi connectivity index (χ3v) is 5.70. The Morgan fingerprint density at radius 2 is 1.92 bits per heavy atom. The maximum atomic E-state index is 13.9. The second-order valence-corrected chi connectivity index (χ2v) is 8.53. The predicted octanol–water partition coefficient (Wildman–Crippen LogP) is 4.02. The van der Waals surface area contributed by atoms with Crippen molar-refractivity contribution in [3.63, 3.8) is 0 Å². The number of hydrogen-bond donors (Lipinski definition) is 0. The van der Waals surface area contributed by atoms with Gasteiger partial charge >= 0.3 is 12.4 Å². The van der Waals surface area contributed by atoms with Crippen molar-refractivity contribution in [2.24, 2.45) is 0 Å². The molecule has 38 heavy (non-hydrogen) atoms. The fourth-order valence-corrected chi connectivity index (χ4v) is 3.96. The maximum absolute atomic E-state index is 13.9. The van der Waals surface area contributed by atoms with E-state index >= 15 is 0 Å². The number of aryl methyl sites for hydroxylation is 1. The van der Waals surface area contributed by atoms with Crippen molar-refractivity contribution in [1.82, 2.24) is 29.8 Å². The smallest absolute Gasteiger partial charge is 0.434 e. The van der Waals surface area contributed by atoms with E-state index in [1.165, 1.54) is 4.90 Å². The van der Waals surface area contributed by atoms with Crippen LogP contribution in [0, 0.1) is 18.3 Å². The maximum Gasteiger partial charge on any atom is 0.434 e. The number of piperidine rings is 1. The molecular weight excluding hydrogens is 524 g/mol. The number of nitriles is 1. The molecule has 1 saturated heterocycles. The zero-order chi connectivity index (χ0) is 27.7. The monoisotopic (exact) mass is 543 g/mol. The summed E-state index contributed by atoms with van der Waals surface area (Å²) < 4.78 is 89.9. The van der Waals surface area contributed by atoms with Crippen LogP contribution >= 0.6 is 0 Å². The van der Waals surface area contributed by atoms with E-state index in [0.29, 0.717) is 29.2 Å². The predicted molar refractivity (Wildman–Crippen MR) is 113 cm³/mol. The van der Waals surface area contributed by atoms with Gasteiger partial charge in [-0.3, -0.25) is 9.48 Å². The van der Waals surface area contributed by atoms with Crippen molar-refractivity contribution in [3.8, 4) is 11.9 Å². The lowest BCUT2D eigenvalue weighted by atomic mass is 9.95. The molecule has 0 unspecified atom stereocenters. The van der Waals surface area contributed by atoms with Crippen LogP contribution in [0.5, 0.6) is 5.88 Å². The molecule has 0 bridgehead atoms. The average molecular weight is 543 g/mol.